The van der Waals surface area contributed by atoms with Crippen molar-refractivity contribution in [2.75, 3.05) is 54.4 Å². The zero-order chi connectivity index (χ0) is 34.0. The molecule has 43 heavy (non-hydrogen) atoms. The summed E-state index contributed by atoms with van der Waals surface area (Å²) in [5.41, 5.74) is 0. The number of alkyl halides is 13. The lowest BCUT2D eigenvalue weighted by molar-refractivity contribution is -0.909. The Morgan fingerprint density at radius 1 is 0.372 bits per heavy atom. The van der Waals surface area contributed by atoms with E-state index in [1.165, 1.54) is 44.9 Å². The first-order chi connectivity index (χ1) is 19.2. The summed E-state index contributed by atoms with van der Waals surface area (Å²) in [5, 5.41) is 0. The summed E-state index contributed by atoms with van der Waals surface area (Å²) in [6.07, 6.45) is 2.09. The van der Waals surface area contributed by atoms with Gasteiger partial charge in [0.25, 0.3) is 0 Å². The second-order valence-corrected chi connectivity index (χ2v) is 12.9. The fourth-order valence-electron chi connectivity index (χ4n) is 4.87. The van der Waals surface area contributed by atoms with E-state index in [2.05, 4.69) is 6.92 Å². The molecule has 0 aromatic rings. The van der Waals surface area contributed by atoms with E-state index in [0.717, 1.165) is 25.8 Å². The van der Waals surface area contributed by atoms with Gasteiger partial charge < -0.3 is 8.97 Å². The molecule has 2 nitrogen and oxygen atoms in total. The van der Waals surface area contributed by atoms with Gasteiger partial charge in [-0.3, -0.25) is 0 Å². The molecular weight excluding hydrogens is 611 g/mol. The van der Waals surface area contributed by atoms with Crippen molar-refractivity contribution in [2.45, 2.75) is 126 Å². The number of unbranched alkanes of at least 4 members (excludes halogenated alkanes) is 9. The van der Waals surface area contributed by atoms with Crippen LogP contribution < -0.4 is 0 Å². The fraction of sp³-hybridized carbons (Fsp3) is 1.00. The van der Waals surface area contributed by atoms with Crippen molar-refractivity contribution < 1.29 is 66.0 Å². The maximum atomic E-state index is 14.1. The summed E-state index contributed by atoms with van der Waals surface area (Å²) in [4.78, 5) is 0. The van der Waals surface area contributed by atoms with Gasteiger partial charge in [-0.25, -0.2) is 0 Å². The highest BCUT2D eigenvalue weighted by Gasteiger charge is 2.90. The van der Waals surface area contributed by atoms with E-state index in [4.69, 9.17) is 0 Å². The summed E-state index contributed by atoms with van der Waals surface area (Å²) in [5.74, 6) is -36.5. The summed E-state index contributed by atoms with van der Waals surface area (Å²) in [6, 6.07) is 0. The Kier molecular flexibility index (Phi) is 15.7. The molecule has 0 amide bonds. The summed E-state index contributed by atoms with van der Waals surface area (Å²) in [7, 11) is 7.14. The van der Waals surface area contributed by atoms with Crippen LogP contribution in [-0.2, 0) is 0 Å². The van der Waals surface area contributed by atoms with Gasteiger partial charge in [-0.1, -0.05) is 58.3 Å². The van der Waals surface area contributed by atoms with Crippen LogP contribution in [-0.4, -0.2) is 99.1 Å². The van der Waals surface area contributed by atoms with Crippen LogP contribution in [0.3, 0.4) is 0 Å². The van der Waals surface area contributed by atoms with Crippen molar-refractivity contribution in [1.29, 1.82) is 0 Å². The first-order valence-electron chi connectivity index (χ1n) is 14.8. The van der Waals surface area contributed by atoms with Crippen LogP contribution in [0.4, 0.5) is 57.1 Å². The third kappa shape index (κ3) is 11.7. The Morgan fingerprint density at radius 2 is 0.698 bits per heavy atom. The highest BCUT2D eigenvalue weighted by molar-refractivity contribution is 5.10. The van der Waals surface area contributed by atoms with Gasteiger partial charge in [0.15, 0.2) is 0 Å². The highest BCUT2D eigenvalue weighted by atomic mass is 19.4. The predicted octanol–water partition coefficient (Wildman–Crippen LogP) is 9.97. The Balaban J connectivity index is 4.79. The van der Waals surface area contributed by atoms with Gasteiger partial charge >= 0.3 is 35.8 Å². The van der Waals surface area contributed by atoms with Crippen LogP contribution in [0.1, 0.15) is 90.4 Å². The molecule has 0 saturated carbocycles. The van der Waals surface area contributed by atoms with Crippen LogP contribution in [0.15, 0.2) is 0 Å². The van der Waals surface area contributed by atoms with Crippen LogP contribution in [0.25, 0.3) is 0 Å². The zero-order valence-corrected chi connectivity index (χ0v) is 25.8. The van der Waals surface area contributed by atoms with Gasteiger partial charge in [-0.05, 0) is 12.8 Å². The molecule has 0 aliphatic heterocycles. The SMILES string of the molecule is CCCCCCCCCCCC[N+](C)(C)CCC[N+](C)(C)CCCC(F)(F)C(F)(F)C(F)(F)C(F)(F)C(F)(F)C(F)(F)F. The monoisotopic (exact) mass is 660 g/mol. The minimum Gasteiger partial charge on any atom is -0.328 e. The highest BCUT2D eigenvalue weighted by Crippen LogP contribution is 2.60. The molecular formula is C28H49F13N2+2. The summed E-state index contributed by atoms with van der Waals surface area (Å²) in [6.45, 7) is 3.85. The van der Waals surface area contributed by atoms with Gasteiger partial charge in [-0.15, -0.1) is 0 Å². The van der Waals surface area contributed by atoms with Gasteiger partial charge in [-0.2, -0.15) is 57.1 Å². The van der Waals surface area contributed by atoms with E-state index in [-0.39, 0.29) is 11.0 Å². The number of hydrogen-bond acceptors (Lipinski definition) is 0. The Morgan fingerprint density at radius 3 is 1.09 bits per heavy atom. The Bertz CT molecular complexity index is 794. The summed E-state index contributed by atoms with van der Waals surface area (Å²) >= 11 is 0. The predicted molar refractivity (Wildman–Crippen MR) is 140 cm³/mol. The maximum Gasteiger partial charge on any atom is 0.460 e. The van der Waals surface area contributed by atoms with Gasteiger partial charge in [0.1, 0.15) is 0 Å². The summed E-state index contributed by atoms with van der Waals surface area (Å²) < 4.78 is 173. The minimum atomic E-state index is -7.85. The molecule has 0 aromatic heterocycles. The number of halogens is 13. The number of rotatable bonds is 23. The van der Waals surface area contributed by atoms with Crippen LogP contribution in [0, 0.1) is 0 Å². The van der Waals surface area contributed by atoms with Crippen molar-refractivity contribution in [3.05, 3.63) is 0 Å². The van der Waals surface area contributed by atoms with E-state index in [0.29, 0.717) is 24.0 Å². The molecule has 15 heteroatoms. The second-order valence-electron chi connectivity index (χ2n) is 12.9. The first-order valence-corrected chi connectivity index (χ1v) is 14.8. The molecule has 0 radical (unpaired) electrons. The van der Waals surface area contributed by atoms with E-state index in [1.54, 1.807) is 14.1 Å². The van der Waals surface area contributed by atoms with Gasteiger partial charge in [0.05, 0.1) is 54.4 Å². The normalized spacial score (nSPS) is 14.9. The van der Waals surface area contributed by atoms with E-state index >= 15 is 0 Å². The lowest BCUT2D eigenvalue weighted by atomic mass is 9.92. The third-order valence-corrected chi connectivity index (χ3v) is 7.90. The lowest BCUT2D eigenvalue weighted by Crippen LogP contribution is -2.70. The number of nitrogens with zero attached hydrogens (tertiary/aromatic N) is 2. The average Bonchev–Trinajstić information content (AvgIpc) is 2.83. The minimum absolute atomic E-state index is 0.0292. The molecule has 0 saturated heterocycles. The first kappa shape index (κ1) is 42.0. The average molecular weight is 661 g/mol. The number of hydrogen-bond donors (Lipinski definition) is 0. The second kappa shape index (κ2) is 16.0. The molecule has 0 spiro atoms. The lowest BCUT2D eigenvalue weighted by Gasteiger charge is -2.40. The Labute approximate surface area is 247 Å². The molecule has 0 bridgehead atoms. The zero-order valence-electron chi connectivity index (χ0n) is 25.8. The topological polar surface area (TPSA) is 0 Å². The van der Waals surface area contributed by atoms with Crippen molar-refractivity contribution in [3.63, 3.8) is 0 Å². The van der Waals surface area contributed by atoms with Crippen molar-refractivity contribution in [2.24, 2.45) is 0 Å². The van der Waals surface area contributed by atoms with E-state index < -0.39 is 48.6 Å². The van der Waals surface area contributed by atoms with Crippen LogP contribution in [0.2, 0.25) is 0 Å². The quantitative estimate of drug-likeness (QED) is 0.0582. The largest absolute Gasteiger partial charge is 0.460 e. The molecule has 0 rings (SSSR count). The molecule has 0 aromatic carbocycles. The molecule has 0 aliphatic rings. The van der Waals surface area contributed by atoms with Crippen LogP contribution in [0.5, 0.6) is 0 Å². The van der Waals surface area contributed by atoms with Gasteiger partial charge in [0, 0.05) is 19.3 Å². The molecule has 0 N–H and O–H groups in total. The van der Waals surface area contributed by atoms with Crippen molar-refractivity contribution >= 4 is 0 Å². The molecule has 0 unspecified atom stereocenters. The fourth-order valence-corrected chi connectivity index (χ4v) is 4.87. The van der Waals surface area contributed by atoms with E-state index in [1.807, 2.05) is 14.1 Å². The van der Waals surface area contributed by atoms with Crippen LogP contribution >= 0.6 is 0 Å². The van der Waals surface area contributed by atoms with E-state index in [9.17, 15) is 57.1 Å². The van der Waals surface area contributed by atoms with Gasteiger partial charge in [0.2, 0.25) is 0 Å². The smallest absolute Gasteiger partial charge is 0.328 e. The van der Waals surface area contributed by atoms with Crippen molar-refractivity contribution in [3.8, 4) is 0 Å². The molecule has 0 fully saturated rings. The standard InChI is InChI=1S/C28H49F13N2/c1-6-7-8-9-10-11-12-13-14-15-19-42(2,3)21-17-22-43(4,5)20-16-18-23(29,30)24(31,32)25(33,34)26(35,36)27(37,38)28(39,40)41/h6-22H2,1-5H3/q+2. The maximum absolute atomic E-state index is 14.1. The number of quaternary nitrogens is 2. The molecule has 0 atom stereocenters. The van der Waals surface area contributed by atoms with Crippen molar-refractivity contribution in [1.82, 2.24) is 0 Å². The third-order valence-electron chi connectivity index (χ3n) is 7.90. The molecule has 0 aliphatic carbocycles. The Hall–Kier alpha value is -0.990. The molecule has 0 heterocycles. The molecule has 260 valence electrons.